The Morgan fingerprint density at radius 1 is 1.64 bits per heavy atom. The third-order valence-corrected chi connectivity index (χ3v) is 1.85. The van der Waals surface area contributed by atoms with Gasteiger partial charge in [0.05, 0.1) is 0 Å². The predicted octanol–water partition coefficient (Wildman–Crippen LogP) is 1.68. The first-order valence-corrected chi connectivity index (χ1v) is 4.03. The summed E-state index contributed by atoms with van der Waals surface area (Å²) < 4.78 is 26.5. The molecular formula is C9H8F2N2O. The highest BCUT2D eigenvalue weighted by Gasteiger charge is 2.29. The largest absolute Gasteiger partial charge is 0.331 e. The fourth-order valence-electron chi connectivity index (χ4n) is 1.01. The van der Waals surface area contributed by atoms with Gasteiger partial charge in [-0.25, -0.2) is 0 Å². The van der Waals surface area contributed by atoms with Crippen LogP contribution < -0.4 is 5.56 Å². The molecule has 0 unspecified atom stereocenters. The van der Waals surface area contributed by atoms with E-state index in [1.807, 2.05) is 0 Å². The molecule has 0 bridgehead atoms. The van der Waals surface area contributed by atoms with Gasteiger partial charge in [-0.2, -0.15) is 14.0 Å². The van der Waals surface area contributed by atoms with E-state index in [0.717, 1.165) is 6.20 Å². The second-order valence-electron chi connectivity index (χ2n) is 2.73. The molecule has 0 spiro atoms. The van der Waals surface area contributed by atoms with Crippen LogP contribution >= 0.6 is 0 Å². The summed E-state index contributed by atoms with van der Waals surface area (Å²) in [5.41, 5.74) is -1.23. The van der Waals surface area contributed by atoms with Crippen molar-refractivity contribution in [2.24, 2.45) is 0 Å². The van der Waals surface area contributed by atoms with Gasteiger partial charge in [0, 0.05) is 12.6 Å². The van der Waals surface area contributed by atoms with E-state index in [0.29, 0.717) is 0 Å². The van der Waals surface area contributed by atoms with Crippen LogP contribution in [0.2, 0.25) is 0 Å². The topological polar surface area (TPSA) is 45.8 Å². The highest BCUT2D eigenvalue weighted by atomic mass is 19.3. The molecule has 74 valence electrons. The summed E-state index contributed by atoms with van der Waals surface area (Å²) in [6, 6.07) is 0.799. The zero-order valence-corrected chi connectivity index (χ0v) is 7.50. The second-order valence-corrected chi connectivity index (χ2v) is 2.73. The number of nitriles is 1. The van der Waals surface area contributed by atoms with E-state index >= 15 is 0 Å². The summed E-state index contributed by atoms with van der Waals surface area (Å²) in [4.78, 5) is 11.3. The van der Waals surface area contributed by atoms with Crippen molar-refractivity contribution in [3.05, 3.63) is 34.2 Å². The Hall–Kier alpha value is -1.70. The van der Waals surface area contributed by atoms with Crippen LogP contribution in [0.3, 0.4) is 0 Å². The molecule has 0 radical (unpaired) electrons. The summed E-state index contributed by atoms with van der Waals surface area (Å²) in [7, 11) is 0. The molecule has 1 heterocycles. The minimum absolute atomic E-state index is 0.277. The summed E-state index contributed by atoms with van der Waals surface area (Å²) in [5, 5.41) is 8.47. The molecule has 0 aromatic carbocycles. The number of rotatable bonds is 2. The molecule has 0 aliphatic heterocycles. The van der Waals surface area contributed by atoms with Crippen molar-refractivity contribution in [2.75, 3.05) is 0 Å². The van der Waals surface area contributed by atoms with E-state index in [2.05, 4.69) is 0 Å². The lowest BCUT2D eigenvalue weighted by molar-refractivity contribution is -0.0874. The average molecular weight is 198 g/mol. The minimum Gasteiger partial charge on any atom is -0.268 e. The molecule has 1 rings (SSSR count). The van der Waals surface area contributed by atoms with E-state index in [1.165, 1.54) is 19.1 Å². The molecule has 0 aliphatic rings. The summed E-state index contributed by atoms with van der Waals surface area (Å²) in [5.74, 6) is 0. The van der Waals surface area contributed by atoms with Gasteiger partial charge in [-0.3, -0.25) is 9.36 Å². The van der Waals surface area contributed by atoms with Crippen LogP contribution in [0, 0.1) is 11.3 Å². The standard InChI is InChI=1S/C9H8F2N2O/c1-2-9(10,11)13-5-3-4-7(6-12)8(13)14/h3-5H,2H2,1H3. The van der Waals surface area contributed by atoms with Crippen molar-refractivity contribution >= 4 is 0 Å². The minimum atomic E-state index is -3.23. The SMILES string of the molecule is CCC(F)(F)n1cccc(C#N)c1=O. The van der Waals surface area contributed by atoms with Crippen molar-refractivity contribution in [3.8, 4) is 6.07 Å². The van der Waals surface area contributed by atoms with Gasteiger partial charge in [0.25, 0.3) is 5.56 Å². The maximum atomic E-state index is 13.1. The number of hydrogen-bond acceptors (Lipinski definition) is 2. The van der Waals surface area contributed by atoms with Gasteiger partial charge in [0.1, 0.15) is 11.6 Å². The molecule has 0 aliphatic carbocycles. The molecule has 0 N–H and O–H groups in total. The smallest absolute Gasteiger partial charge is 0.268 e. The van der Waals surface area contributed by atoms with Gasteiger partial charge in [-0.15, -0.1) is 0 Å². The van der Waals surface area contributed by atoms with Gasteiger partial charge in [0.15, 0.2) is 0 Å². The van der Waals surface area contributed by atoms with Gasteiger partial charge in [-0.05, 0) is 12.1 Å². The van der Waals surface area contributed by atoms with E-state index < -0.39 is 18.0 Å². The highest BCUT2D eigenvalue weighted by Crippen LogP contribution is 2.22. The van der Waals surface area contributed by atoms with Gasteiger partial charge < -0.3 is 0 Å². The van der Waals surface area contributed by atoms with E-state index in [9.17, 15) is 13.6 Å². The first-order chi connectivity index (χ1) is 6.53. The summed E-state index contributed by atoms with van der Waals surface area (Å²) >= 11 is 0. The molecular weight excluding hydrogens is 190 g/mol. The average Bonchev–Trinajstić information content (AvgIpc) is 2.18. The molecule has 0 saturated carbocycles. The summed E-state index contributed by atoms with van der Waals surface area (Å²) in [6.07, 6.45) is 0.495. The maximum absolute atomic E-state index is 13.1. The lowest BCUT2D eigenvalue weighted by Gasteiger charge is -2.16. The third-order valence-electron chi connectivity index (χ3n) is 1.85. The fraction of sp³-hybridized carbons (Fsp3) is 0.333. The molecule has 0 saturated heterocycles. The fourth-order valence-corrected chi connectivity index (χ4v) is 1.01. The Morgan fingerprint density at radius 2 is 2.29 bits per heavy atom. The van der Waals surface area contributed by atoms with Crippen LogP contribution in [0.5, 0.6) is 0 Å². The molecule has 1 aromatic rings. The van der Waals surface area contributed by atoms with Crippen LogP contribution in [-0.4, -0.2) is 4.57 Å². The lowest BCUT2D eigenvalue weighted by atomic mass is 10.3. The van der Waals surface area contributed by atoms with E-state index in [-0.39, 0.29) is 10.1 Å². The molecule has 0 atom stereocenters. The first kappa shape index (κ1) is 10.4. The molecule has 5 heteroatoms. The van der Waals surface area contributed by atoms with E-state index in [1.54, 1.807) is 6.07 Å². The van der Waals surface area contributed by atoms with Crippen LogP contribution in [0.15, 0.2) is 23.1 Å². The summed E-state index contributed by atoms with van der Waals surface area (Å²) in [6.45, 7) is 1.27. The lowest BCUT2D eigenvalue weighted by Crippen LogP contribution is -2.34. The molecule has 0 amide bonds. The van der Waals surface area contributed by atoms with Crippen molar-refractivity contribution in [1.29, 1.82) is 5.26 Å². The van der Waals surface area contributed by atoms with Crippen molar-refractivity contribution in [3.63, 3.8) is 0 Å². The van der Waals surface area contributed by atoms with Gasteiger partial charge >= 0.3 is 6.05 Å². The van der Waals surface area contributed by atoms with Crippen molar-refractivity contribution < 1.29 is 8.78 Å². The highest BCUT2D eigenvalue weighted by molar-refractivity contribution is 5.25. The van der Waals surface area contributed by atoms with Crippen LogP contribution in [0.4, 0.5) is 8.78 Å². The van der Waals surface area contributed by atoms with Gasteiger partial charge in [0.2, 0.25) is 0 Å². The Balaban J connectivity index is 3.39. The molecule has 14 heavy (non-hydrogen) atoms. The van der Waals surface area contributed by atoms with Crippen molar-refractivity contribution in [2.45, 2.75) is 19.4 Å². The second kappa shape index (κ2) is 3.58. The maximum Gasteiger partial charge on any atom is 0.331 e. The number of aromatic nitrogens is 1. The predicted molar refractivity (Wildman–Crippen MR) is 45.9 cm³/mol. The number of halogens is 2. The third kappa shape index (κ3) is 1.64. The van der Waals surface area contributed by atoms with E-state index in [4.69, 9.17) is 5.26 Å². The van der Waals surface area contributed by atoms with Crippen LogP contribution in [-0.2, 0) is 6.05 Å². The Kier molecular flexibility index (Phi) is 2.65. The molecule has 3 nitrogen and oxygen atoms in total. The Bertz CT molecular complexity index is 431. The zero-order chi connectivity index (χ0) is 10.8. The number of alkyl halides is 2. The number of pyridine rings is 1. The molecule has 1 aromatic heterocycles. The number of hydrogen-bond donors (Lipinski definition) is 0. The molecule has 0 fully saturated rings. The Labute approximate surface area is 79.2 Å². The van der Waals surface area contributed by atoms with Crippen LogP contribution in [0.25, 0.3) is 0 Å². The van der Waals surface area contributed by atoms with Crippen LogP contribution in [0.1, 0.15) is 18.9 Å². The zero-order valence-electron chi connectivity index (χ0n) is 7.50. The monoisotopic (exact) mass is 198 g/mol. The number of nitrogens with zero attached hydrogens (tertiary/aromatic N) is 2. The Morgan fingerprint density at radius 3 is 2.79 bits per heavy atom. The quantitative estimate of drug-likeness (QED) is 0.725. The first-order valence-electron chi connectivity index (χ1n) is 4.03. The normalized spacial score (nSPS) is 11.0. The van der Waals surface area contributed by atoms with Gasteiger partial charge in [-0.1, -0.05) is 6.92 Å². The van der Waals surface area contributed by atoms with Crippen molar-refractivity contribution in [1.82, 2.24) is 4.57 Å².